The fourth-order valence-corrected chi connectivity index (χ4v) is 3.70. The van der Waals surface area contributed by atoms with Gasteiger partial charge >= 0.3 is 0 Å². The number of hydrogen-bond acceptors (Lipinski definition) is 1. The van der Waals surface area contributed by atoms with Crippen molar-refractivity contribution in [3.05, 3.63) is 36.0 Å². The SMILES string of the molecule is Cn1c(C(=O)C2CC2)cc2c1c1ccccc1n2CC1CC1. The summed E-state index contributed by atoms with van der Waals surface area (Å²) in [5.41, 5.74) is 4.66. The number of carbonyl (C=O) groups is 1. The number of carbonyl (C=O) groups excluding carboxylic acids is 1. The number of rotatable bonds is 4. The zero-order valence-electron chi connectivity index (χ0n) is 12.9. The third-order valence-corrected chi connectivity index (χ3v) is 5.29. The van der Waals surface area contributed by atoms with Gasteiger partial charge in [-0.2, -0.15) is 0 Å². The molecule has 2 saturated carbocycles. The minimum Gasteiger partial charge on any atom is -0.339 e. The summed E-state index contributed by atoms with van der Waals surface area (Å²) >= 11 is 0. The number of Topliss-reactive ketones (excluding diaryl/α,β-unsaturated/α-hetero) is 1. The molecular weight excluding hydrogens is 272 g/mol. The molecule has 2 aliphatic rings. The first-order valence-corrected chi connectivity index (χ1v) is 8.35. The van der Waals surface area contributed by atoms with Gasteiger partial charge in [0.1, 0.15) is 0 Å². The standard InChI is InChI=1S/C19H20N2O/c1-20-17(19(22)13-8-9-13)10-16-18(20)14-4-2-3-5-15(14)21(16)11-12-6-7-12/h2-5,10,12-13H,6-9,11H2,1H3. The largest absolute Gasteiger partial charge is 0.339 e. The lowest BCUT2D eigenvalue weighted by Gasteiger charge is -2.05. The number of aryl methyl sites for hydroxylation is 1. The molecule has 112 valence electrons. The highest BCUT2D eigenvalue weighted by Crippen LogP contribution is 2.39. The number of para-hydroxylation sites is 1. The van der Waals surface area contributed by atoms with Crippen LogP contribution in [0.3, 0.4) is 0 Å². The maximum Gasteiger partial charge on any atom is 0.182 e. The van der Waals surface area contributed by atoms with E-state index in [0.717, 1.165) is 31.0 Å². The molecule has 0 bridgehead atoms. The van der Waals surface area contributed by atoms with E-state index in [1.165, 1.54) is 34.8 Å². The first-order valence-electron chi connectivity index (χ1n) is 8.35. The Morgan fingerprint density at radius 2 is 1.91 bits per heavy atom. The lowest BCUT2D eigenvalue weighted by Crippen LogP contribution is -2.07. The van der Waals surface area contributed by atoms with Gasteiger partial charge in [-0.15, -0.1) is 0 Å². The normalized spacial score (nSPS) is 18.4. The van der Waals surface area contributed by atoms with E-state index < -0.39 is 0 Å². The second-order valence-corrected chi connectivity index (χ2v) is 7.03. The van der Waals surface area contributed by atoms with Crippen LogP contribution in [0.4, 0.5) is 0 Å². The van der Waals surface area contributed by atoms with E-state index in [2.05, 4.69) is 39.5 Å². The molecule has 2 heterocycles. The quantitative estimate of drug-likeness (QED) is 0.664. The third kappa shape index (κ3) is 1.71. The molecule has 1 aromatic carbocycles. The van der Waals surface area contributed by atoms with E-state index in [1.807, 2.05) is 7.05 Å². The van der Waals surface area contributed by atoms with Crippen molar-refractivity contribution in [2.45, 2.75) is 32.2 Å². The maximum absolute atomic E-state index is 12.5. The summed E-state index contributed by atoms with van der Waals surface area (Å²) in [4.78, 5) is 12.5. The number of aromatic nitrogens is 2. The van der Waals surface area contributed by atoms with Gasteiger partial charge in [-0.1, -0.05) is 18.2 Å². The van der Waals surface area contributed by atoms with E-state index in [4.69, 9.17) is 0 Å². The number of fused-ring (bicyclic) bond motifs is 3. The monoisotopic (exact) mass is 292 g/mol. The van der Waals surface area contributed by atoms with E-state index in [-0.39, 0.29) is 5.92 Å². The van der Waals surface area contributed by atoms with Gasteiger partial charge in [-0.25, -0.2) is 0 Å². The van der Waals surface area contributed by atoms with Crippen LogP contribution in [0.1, 0.15) is 36.2 Å². The number of ketones is 1. The minimum absolute atomic E-state index is 0.279. The lowest BCUT2D eigenvalue weighted by molar-refractivity contribution is 0.0960. The van der Waals surface area contributed by atoms with Gasteiger partial charge in [0, 0.05) is 24.9 Å². The van der Waals surface area contributed by atoms with Crippen LogP contribution in [-0.2, 0) is 13.6 Å². The zero-order valence-corrected chi connectivity index (χ0v) is 12.9. The van der Waals surface area contributed by atoms with E-state index in [9.17, 15) is 4.79 Å². The van der Waals surface area contributed by atoms with Crippen molar-refractivity contribution < 1.29 is 4.79 Å². The molecule has 0 unspecified atom stereocenters. The topological polar surface area (TPSA) is 26.9 Å². The zero-order chi connectivity index (χ0) is 14.8. The van der Waals surface area contributed by atoms with Crippen molar-refractivity contribution in [1.29, 1.82) is 0 Å². The molecule has 0 atom stereocenters. The molecule has 0 amide bonds. The molecule has 3 heteroatoms. The minimum atomic E-state index is 0.279. The smallest absolute Gasteiger partial charge is 0.182 e. The van der Waals surface area contributed by atoms with Gasteiger partial charge in [0.2, 0.25) is 0 Å². The van der Waals surface area contributed by atoms with Crippen LogP contribution in [-0.4, -0.2) is 14.9 Å². The Morgan fingerprint density at radius 3 is 2.64 bits per heavy atom. The first kappa shape index (κ1) is 12.5. The van der Waals surface area contributed by atoms with E-state index in [1.54, 1.807) is 0 Å². The summed E-state index contributed by atoms with van der Waals surface area (Å²) in [5, 5.41) is 1.27. The van der Waals surface area contributed by atoms with E-state index >= 15 is 0 Å². The second kappa shape index (κ2) is 4.25. The van der Waals surface area contributed by atoms with Gasteiger partial charge in [-0.05, 0) is 43.7 Å². The van der Waals surface area contributed by atoms with Crippen LogP contribution in [0.25, 0.3) is 21.9 Å². The Hall–Kier alpha value is -2.03. The average Bonchev–Trinajstić information content (AvgIpc) is 3.42. The fraction of sp³-hybridized carbons (Fsp3) is 0.421. The van der Waals surface area contributed by atoms with Crippen LogP contribution in [0.15, 0.2) is 30.3 Å². The molecular formula is C19H20N2O. The van der Waals surface area contributed by atoms with Crippen LogP contribution < -0.4 is 0 Å². The molecule has 0 N–H and O–H groups in total. The molecule has 0 spiro atoms. The fourth-order valence-electron chi connectivity index (χ4n) is 3.70. The van der Waals surface area contributed by atoms with Crippen LogP contribution >= 0.6 is 0 Å². The molecule has 2 fully saturated rings. The highest BCUT2D eigenvalue weighted by atomic mass is 16.1. The van der Waals surface area contributed by atoms with Gasteiger partial charge in [-0.3, -0.25) is 4.79 Å². The predicted octanol–water partition coefficient (Wildman–Crippen LogP) is 4.14. The molecule has 2 aliphatic carbocycles. The Balaban J connectivity index is 1.79. The first-order chi connectivity index (χ1) is 10.7. The van der Waals surface area contributed by atoms with E-state index in [0.29, 0.717) is 5.78 Å². The van der Waals surface area contributed by atoms with Crippen molar-refractivity contribution in [1.82, 2.24) is 9.13 Å². The molecule has 5 rings (SSSR count). The Kier molecular flexibility index (Phi) is 2.42. The third-order valence-electron chi connectivity index (χ3n) is 5.29. The highest BCUT2D eigenvalue weighted by molar-refractivity contribution is 6.11. The van der Waals surface area contributed by atoms with Crippen molar-refractivity contribution >= 4 is 27.7 Å². The second-order valence-electron chi connectivity index (χ2n) is 7.03. The number of nitrogens with zero attached hydrogens (tertiary/aromatic N) is 2. The molecule has 0 radical (unpaired) electrons. The van der Waals surface area contributed by atoms with Crippen LogP contribution in [0.2, 0.25) is 0 Å². The number of benzene rings is 1. The lowest BCUT2D eigenvalue weighted by atomic mass is 10.2. The Bertz CT molecular complexity index is 906. The summed E-state index contributed by atoms with van der Waals surface area (Å²) in [7, 11) is 2.05. The van der Waals surface area contributed by atoms with Crippen LogP contribution in [0, 0.1) is 11.8 Å². The summed E-state index contributed by atoms with van der Waals surface area (Å²) in [6.07, 6.45) is 4.82. The van der Waals surface area contributed by atoms with Gasteiger partial charge in [0.15, 0.2) is 5.78 Å². The van der Waals surface area contributed by atoms with Crippen molar-refractivity contribution in [2.75, 3.05) is 0 Å². The molecule has 22 heavy (non-hydrogen) atoms. The molecule has 0 saturated heterocycles. The molecule has 3 nitrogen and oxygen atoms in total. The summed E-state index contributed by atoms with van der Waals surface area (Å²) in [5.74, 6) is 1.43. The molecule has 3 aromatic rings. The van der Waals surface area contributed by atoms with Crippen LogP contribution in [0.5, 0.6) is 0 Å². The molecule has 0 aliphatic heterocycles. The van der Waals surface area contributed by atoms with Gasteiger partial charge in [0.25, 0.3) is 0 Å². The summed E-state index contributed by atoms with van der Waals surface area (Å²) in [6, 6.07) is 10.7. The average molecular weight is 292 g/mol. The maximum atomic E-state index is 12.5. The van der Waals surface area contributed by atoms with Gasteiger partial charge < -0.3 is 9.13 Å². The summed E-state index contributed by atoms with van der Waals surface area (Å²) < 4.78 is 4.56. The molecule has 2 aromatic heterocycles. The Morgan fingerprint density at radius 1 is 1.14 bits per heavy atom. The highest BCUT2D eigenvalue weighted by Gasteiger charge is 2.33. The van der Waals surface area contributed by atoms with Crippen molar-refractivity contribution in [3.8, 4) is 0 Å². The van der Waals surface area contributed by atoms with Crippen molar-refractivity contribution in [3.63, 3.8) is 0 Å². The van der Waals surface area contributed by atoms with Gasteiger partial charge in [0.05, 0.1) is 22.2 Å². The Labute approximate surface area is 129 Å². The predicted molar refractivity (Wildman–Crippen MR) is 88.2 cm³/mol. The summed E-state index contributed by atoms with van der Waals surface area (Å²) in [6.45, 7) is 1.09. The number of hydrogen-bond donors (Lipinski definition) is 0. The van der Waals surface area contributed by atoms with Crippen molar-refractivity contribution in [2.24, 2.45) is 18.9 Å².